The van der Waals surface area contributed by atoms with Gasteiger partial charge in [-0.3, -0.25) is 4.72 Å². The number of aliphatic hydroxyl groups is 1. The predicted octanol–water partition coefficient (Wildman–Crippen LogP) is 1.74. The molecule has 114 valence electrons. The summed E-state index contributed by atoms with van der Waals surface area (Å²) in [5.74, 6) is -4.81. The van der Waals surface area contributed by atoms with E-state index in [0.717, 1.165) is 6.07 Å². The third kappa shape index (κ3) is 2.88. The summed E-state index contributed by atoms with van der Waals surface area (Å²) in [6.07, 6.45) is 1.20. The minimum atomic E-state index is -4.19. The van der Waals surface area contributed by atoms with Crippen LogP contribution < -0.4 is 4.72 Å². The molecule has 0 fully saturated rings. The maximum Gasteiger partial charge on any atom is 0.263 e. The number of sulfonamides is 1. The Hall–Kier alpha value is -2.00. The number of aromatic nitrogens is 1. The number of hydrogen-bond donors (Lipinski definition) is 2. The first-order chi connectivity index (χ1) is 9.76. The number of hydrogen-bond acceptors (Lipinski definition) is 3. The first-order valence-electron chi connectivity index (χ1n) is 5.68. The SMILES string of the molecule is Cn1cc(S(=O)(=O)Nc2ccc(F)c(F)c2F)cc1CO. The molecule has 2 rings (SSSR count). The maximum atomic E-state index is 13.5. The van der Waals surface area contributed by atoms with Gasteiger partial charge in [-0.05, 0) is 18.2 Å². The maximum absolute atomic E-state index is 13.5. The van der Waals surface area contributed by atoms with E-state index in [1.165, 1.54) is 23.9 Å². The number of aliphatic hydroxyl groups excluding tert-OH is 1. The van der Waals surface area contributed by atoms with Crippen molar-refractivity contribution < 1.29 is 26.7 Å². The van der Waals surface area contributed by atoms with Gasteiger partial charge < -0.3 is 9.67 Å². The van der Waals surface area contributed by atoms with Crippen LogP contribution in [0.5, 0.6) is 0 Å². The lowest BCUT2D eigenvalue weighted by atomic mass is 10.3. The van der Waals surface area contributed by atoms with Crippen molar-refractivity contribution in [1.29, 1.82) is 0 Å². The second kappa shape index (κ2) is 5.41. The summed E-state index contributed by atoms with van der Waals surface area (Å²) in [4.78, 5) is -0.238. The van der Waals surface area contributed by atoms with Gasteiger partial charge in [-0.15, -0.1) is 0 Å². The normalized spacial score (nSPS) is 11.7. The van der Waals surface area contributed by atoms with E-state index in [9.17, 15) is 21.6 Å². The molecule has 0 radical (unpaired) electrons. The quantitative estimate of drug-likeness (QED) is 0.843. The van der Waals surface area contributed by atoms with E-state index in [0.29, 0.717) is 11.8 Å². The molecule has 0 atom stereocenters. The fourth-order valence-corrected chi connectivity index (χ4v) is 2.84. The smallest absolute Gasteiger partial charge is 0.263 e. The summed E-state index contributed by atoms with van der Waals surface area (Å²) in [6.45, 7) is -0.383. The van der Waals surface area contributed by atoms with Crippen molar-refractivity contribution in [3.8, 4) is 0 Å². The average molecular weight is 320 g/mol. The molecule has 1 aromatic heterocycles. The second-order valence-electron chi connectivity index (χ2n) is 4.26. The van der Waals surface area contributed by atoms with E-state index in [4.69, 9.17) is 5.11 Å². The van der Waals surface area contributed by atoms with Gasteiger partial charge in [-0.1, -0.05) is 0 Å². The number of benzene rings is 1. The van der Waals surface area contributed by atoms with Crippen molar-refractivity contribution in [2.24, 2.45) is 7.05 Å². The van der Waals surface area contributed by atoms with Crippen LogP contribution >= 0.6 is 0 Å². The molecule has 0 spiro atoms. The number of aryl methyl sites for hydroxylation is 1. The highest BCUT2D eigenvalue weighted by atomic mass is 32.2. The molecule has 0 aliphatic heterocycles. The van der Waals surface area contributed by atoms with Crippen LogP contribution in [0.4, 0.5) is 18.9 Å². The summed E-state index contributed by atoms with van der Waals surface area (Å²) in [6, 6.07) is 2.57. The number of rotatable bonds is 4. The Balaban J connectivity index is 2.40. The van der Waals surface area contributed by atoms with Crippen LogP contribution in [-0.2, 0) is 23.7 Å². The van der Waals surface area contributed by atoms with E-state index >= 15 is 0 Å². The van der Waals surface area contributed by atoms with E-state index in [1.54, 1.807) is 0 Å². The molecular weight excluding hydrogens is 309 g/mol. The van der Waals surface area contributed by atoms with Crippen molar-refractivity contribution in [1.82, 2.24) is 4.57 Å². The average Bonchev–Trinajstić information content (AvgIpc) is 2.81. The highest BCUT2D eigenvalue weighted by Crippen LogP contribution is 2.23. The van der Waals surface area contributed by atoms with E-state index in [-0.39, 0.29) is 11.5 Å². The van der Waals surface area contributed by atoms with Crippen molar-refractivity contribution in [2.75, 3.05) is 4.72 Å². The highest BCUT2D eigenvalue weighted by Gasteiger charge is 2.21. The molecule has 0 amide bonds. The molecule has 1 aromatic carbocycles. The van der Waals surface area contributed by atoms with Gasteiger partial charge in [0.25, 0.3) is 10.0 Å². The zero-order valence-electron chi connectivity index (χ0n) is 10.8. The molecule has 5 nitrogen and oxygen atoms in total. The standard InChI is InChI=1S/C12H11F3N2O3S/c1-17-5-8(4-7(17)6-18)21(19,20)16-10-3-2-9(13)11(14)12(10)15/h2-5,16,18H,6H2,1H3. The lowest BCUT2D eigenvalue weighted by molar-refractivity contribution is 0.272. The topological polar surface area (TPSA) is 71.3 Å². The monoisotopic (exact) mass is 320 g/mol. The molecular formula is C12H11F3N2O3S. The molecule has 0 saturated heterocycles. The Morgan fingerprint density at radius 3 is 2.48 bits per heavy atom. The molecule has 9 heteroatoms. The van der Waals surface area contributed by atoms with Crippen molar-refractivity contribution in [2.45, 2.75) is 11.5 Å². The van der Waals surface area contributed by atoms with Gasteiger partial charge >= 0.3 is 0 Å². The van der Waals surface area contributed by atoms with Gasteiger partial charge in [-0.25, -0.2) is 21.6 Å². The van der Waals surface area contributed by atoms with Crippen LogP contribution in [0.1, 0.15) is 5.69 Å². The lowest BCUT2D eigenvalue weighted by Gasteiger charge is -2.08. The molecule has 0 bridgehead atoms. The fraction of sp³-hybridized carbons (Fsp3) is 0.167. The molecule has 2 aromatic rings. The number of halogens is 3. The Bertz CT molecular complexity index is 787. The van der Waals surface area contributed by atoms with Crippen LogP contribution in [0.2, 0.25) is 0 Å². The third-order valence-corrected chi connectivity index (χ3v) is 4.17. The fourth-order valence-electron chi connectivity index (χ4n) is 1.69. The van der Waals surface area contributed by atoms with Crippen LogP contribution in [0.3, 0.4) is 0 Å². The van der Waals surface area contributed by atoms with Gasteiger partial charge in [0.05, 0.1) is 12.3 Å². The van der Waals surface area contributed by atoms with Crippen LogP contribution in [0.15, 0.2) is 29.3 Å². The molecule has 0 unspecified atom stereocenters. The molecule has 21 heavy (non-hydrogen) atoms. The number of nitrogens with one attached hydrogen (secondary N) is 1. The summed E-state index contributed by atoms with van der Waals surface area (Å²) in [5, 5.41) is 9.01. The largest absolute Gasteiger partial charge is 0.390 e. The first-order valence-corrected chi connectivity index (χ1v) is 7.17. The predicted molar refractivity (Wildman–Crippen MR) is 68.5 cm³/mol. The summed E-state index contributed by atoms with van der Waals surface area (Å²) in [5.41, 5.74) is -0.385. The Morgan fingerprint density at radius 1 is 1.24 bits per heavy atom. The Morgan fingerprint density at radius 2 is 1.90 bits per heavy atom. The molecule has 1 heterocycles. The van der Waals surface area contributed by atoms with Gasteiger partial charge in [0.2, 0.25) is 0 Å². The van der Waals surface area contributed by atoms with Gasteiger partial charge in [0.15, 0.2) is 17.5 Å². The van der Waals surface area contributed by atoms with Crippen LogP contribution in [0, 0.1) is 17.5 Å². The van der Waals surface area contributed by atoms with E-state index in [2.05, 4.69) is 0 Å². The lowest BCUT2D eigenvalue weighted by Crippen LogP contribution is -2.14. The van der Waals surface area contributed by atoms with Crippen LogP contribution in [0.25, 0.3) is 0 Å². The van der Waals surface area contributed by atoms with Crippen LogP contribution in [-0.4, -0.2) is 18.1 Å². The van der Waals surface area contributed by atoms with Crippen molar-refractivity contribution >= 4 is 15.7 Å². The second-order valence-corrected chi connectivity index (χ2v) is 5.95. The summed E-state index contributed by atoms with van der Waals surface area (Å²) in [7, 11) is -2.67. The van der Waals surface area contributed by atoms with E-state index in [1.807, 2.05) is 4.72 Å². The summed E-state index contributed by atoms with van der Waals surface area (Å²) >= 11 is 0. The molecule has 0 aliphatic rings. The minimum Gasteiger partial charge on any atom is -0.390 e. The molecule has 2 N–H and O–H groups in total. The van der Waals surface area contributed by atoms with Gasteiger partial charge in [0, 0.05) is 18.9 Å². The molecule has 0 aliphatic carbocycles. The van der Waals surface area contributed by atoms with Gasteiger partial charge in [0.1, 0.15) is 4.90 Å². The van der Waals surface area contributed by atoms with Crippen molar-refractivity contribution in [3.05, 3.63) is 47.5 Å². The zero-order valence-corrected chi connectivity index (χ0v) is 11.6. The Kier molecular flexibility index (Phi) is 3.97. The van der Waals surface area contributed by atoms with Gasteiger partial charge in [-0.2, -0.15) is 0 Å². The minimum absolute atomic E-state index is 0.238. The number of anilines is 1. The Labute approximate surface area is 118 Å². The highest BCUT2D eigenvalue weighted by molar-refractivity contribution is 7.92. The number of nitrogens with zero attached hydrogens (tertiary/aromatic N) is 1. The third-order valence-electron chi connectivity index (χ3n) is 2.83. The van der Waals surface area contributed by atoms with Crippen molar-refractivity contribution in [3.63, 3.8) is 0 Å². The zero-order chi connectivity index (χ0) is 15.8. The molecule has 0 saturated carbocycles. The van der Waals surface area contributed by atoms with E-state index < -0.39 is 33.2 Å². The summed E-state index contributed by atoms with van der Waals surface area (Å²) < 4.78 is 66.6. The first kappa shape index (κ1) is 15.4.